The van der Waals surface area contributed by atoms with E-state index in [0.717, 1.165) is 32.0 Å². The van der Waals surface area contributed by atoms with Crippen molar-refractivity contribution in [2.24, 2.45) is 0 Å². The van der Waals surface area contributed by atoms with Gasteiger partial charge < -0.3 is 22.1 Å². The van der Waals surface area contributed by atoms with Crippen LogP contribution in [0.3, 0.4) is 0 Å². The molecule has 37 heavy (non-hydrogen) atoms. The van der Waals surface area contributed by atoms with Crippen LogP contribution in [0.25, 0.3) is 0 Å². The molecule has 4 aromatic rings. The number of anilines is 4. The summed E-state index contributed by atoms with van der Waals surface area (Å²) in [5.74, 6) is -0.345. The normalized spacial score (nSPS) is 10.7. The van der Waals surface area contributed by atoms with Crippen LogP contribution in [0.15, 0.2) is 82.6 Å². The van der Waals surface area contributed by atoms with Crippen LogP contribution in [0, 0.1) is 27.7 Å². The average molecular weight is 511 g/mol. The summed E-state index contributed by atoms with van der Waals surface area (Å²) in [7, 11) is 0. The van der Waals surface area contributed by atoms with E-state index in [9.17, 15) is 9.59 Å². The van der Waals surface area contributed by atoms with Crippen molar-refractivity contribution in [1.29, 1.82) is 0 Å². The molecule has 0 unspecified atom stereocenters. The number of carbonyl (C=O) groups excluding carboxylic acids is 2. The van der Waals surface area contributed by atoms with Gasteiger partial charge in [-0.05, 0) is 123 Å². The fraction of sp³-hybridized carbons (Fsp3) is 0.133. The first-order valence-corrected chi connectivity index (χ1v) is 12.7. The lowest BCUT2D eigenvalue weighted by Crippen LogP contribution is -2.13. The molecule has 0 saturated carbocycles. The van der Waals surface area contributed by atoms with Crippen LogP contribution in [0.5, 0.6) is 0 Å². The molecule has 7 heteroatoms. The van der Waals surface area contributed by atoms with Gasteiger partial charge in [0.15, 0.2) is 0 Å². The van der Waals surface area contributed by atoms with Gasteiger partial charge in [-0.3, -0.25) is 9.59 Å². The zero-order valence-corrected chi connectivity index (χ0v) is 22.1. The number of carbonyl (C=O) groups is 2. The van der Waals surface area contributed by atoms with Gasteiger partial charge in [-0.1, -0.05) is 11.8 Å². The molecule has 2 amide bonds. The van der Waals surface area contributed by atoms with Crippen molar-refractivity contribution in [2.75, 3.05) is 22.1 Å². The molecule has 0 bridgehead atoms. The summed E-state index contributed by atoms with van der Waals surface area (Å²) in [4.78, 5) is 27.4. The molecular weight excluding hydrogens is 480 g/mol. The van der Waals surface area contributed by atoms with E-state index in [1.165, 1.54) is 0 Å². The minimum Gasteiger partial charge on any atom is -0.398 e. The van der Waals surface area contributed by atoms with E-state index in [2.05, 4.69) is 10.6 Å². The number of nitrogen functional groups attached to an aromatic ring is 2. The van der Waals surface area contributed by atoms with Crippen molar-refractivity contribution in [3.05, 3.63) is 106 Å². The van der Waals surface area contributed by atoms with Crippen molar-refractivity contribution in [3.63, 3.8) is 0 Å². The van der Waals surface area contributed by atoms with E-state index in [-0.39, 0.29) is 11.8 Å². The van der Waals surface area contributed by atoms with E-state index in [4.69, 9.17) is 11.5 Å². The Morgan fingerprint density at radius 2 is 0.865 bits per heavy atom. The molecule has 6 nitrogen and oxygen atoms in total. The summed E-state index contributed by atoms with van der Waals surface area (Å²) in [6.07, 6.45) is 0. The molecule has 0 aliphatic rings. The Bertz CT molecular complexity index is 1320. The molecule has 0 fully saturated rings. The molecule has 0 atom stereocenters. The van der Waals surface area contributed by atoms with E-state index in [0.29, 0.717) is 33.9 Å². The number of hydrogen-bond acceptors (Lipinski definition) is 5. The van der Waals surface area contributed by atoms with Gasteiger partial charge in [-0.2, -0.15) is 0 Å². The lowest BCUT2D eigenvalue weighted by molar-refractivity contribution is 0.101. The molecule has 0 aromatic heterocycles. The Morgan fingerprint density at radius 3 is 1.16 bits per heavy atom. The van der Waals surface area contributed by atoms with Gasteiger partial charge in [0.25, 0.3) is 11.8 Å². The molecule has 0 heterocycles. The third kappa shape index (κ3) is 6.13. The molecule has 6 N–H and O–H groups in total. The largest absolute Gasteiger partial charge is 0.398 e. The minimum absolute atomic E-state index is 0.173. The maximum absolute atomic E-state index is 12.7. The highest BCUT2D eigenvalue weighted by molar-refractivity contribution is 7.99. The van der Waals surface area contributed by atoms with E-state index in [1.54, 1.807) is 36.0 Å². The third-order valence-electron chi connectivity index (χ3n) is 6.17. The highest BCUT2D eigenvalue weighted by atomic mass is 32.2. The highest BCUT2D eigenvalue weighted by Gasteiger charge is 2.11. The maximum Gasteiger partial charge on any atom is 0.255 e. The summed E-state index contributed by atoms with van der Waals surface area (Å²) in [6.45, 7) is 7.58. The first-order chi connectivity index (χ1) is 17.6. The molecule has 0 radical (unpaired) electrons. The standard InChI is InChI=1S/C30H30N4O2S/c1-17-13-21(14-18(2)27(17)31)29(35)33-23-5-9-25(10-6-23)37-26-11-7-24(8-12-26)34-30(36)22-15-19(3)28(32)20(4)16-22/h5-16H,31-32H2,1-4H3,(H,33,35)(H,34,36). The number of aryl methyl sites for hydroxylation is 4. The topological polar surface area (TPSA) is 110 Å². The number of rotatable bonds is 6. The van der Waals surface area contributed by atoms with Crippen LogP contribution >= 0.6 is 11.8 Å². The van der Waals surface area contributed by atoms with Gasteiger partial charge in [0.05, 0.1) is 0 Å². The van der Waals surface area contributed by atoms with Gasteiger partial charge in [-0.15, -0.1) is 0 Å². The number of hydrogen-bond donors (Lipinski definition) is 4. The molecule has 0 spiro atoms. The SMILES string of the molecule is Cc1cc(C(=O)Nc2ccc(Sc3ccc(NC(=O)c4cc(C)c(N)c(C)c4)cc3)cc2)cc(C)c1N. The Hall–Kier alpha value is -4.23. The summed E-state index contributed by atoms with van der Waals surface area (Å²) in [5, 5.41) is 5.87. The van der Waals surface area contributed by atoms with Gasteiger partial charge >= 0.3 is 0 Å². The molecule has 0 saturated heterocycles. The lowest BCUT2D eigenvalue weighted by Gasteiger charge is -2.11. The lowest BCUT2D eigenvalue weighted by atomic mass is 10.0. The monoisotopic (exact) mass is 510 g/mol. The van der Waals surface area contributed by atoms with Crippen molar-refractivity contribution in [3.8, 4) is 0 Å². The van der Waals surface area contributed by atoms with Crippen LogP contribution in [0.1, 0.15) is 43.0 Å². The Balaban J connectivity index is 1.36. The van der Waals surface area contributed by atoms with Crippen LogP contribution in [-0.4, -0.2) is 11.8 Å². The summed E-state index contributed by atoms with van der Waals surface area (Å²) in [5.41, 5.74) is 19.5. The van der Waals surface area contributed by atoms with E-state index in [1.807, 2.05) is 76.2 Å². The van der Waals surface area contributed by atoms with Crippen molar-refractivity contribution < 1.29 is 9.59 Å². The fourth-order valence-corrected chi connectivity index (χ4v) is 4.78. The second-order valence-electron chi connectivity index (χ2n) is 9.11. The Labute approximate surface area is 221 Å². The molecule has 0 aliphatic heterocycles. The Kier molecular flexibility index (Phi) is 7.55. The first-order valence-electron chi connectivity index (χ1n) is 11.8. The molecule has 188 valence electrons. The van der Waals surface area contributed by atoms with E-state index < -0.39 is 0 Å². The predicted molar refractivity (Wildman–Crippen MR) is 154 cm³/mol. The number of amides is 2. The summed E-state index contributed by atoms with van der Waals surface area (Å²) >= 11 is 1.59. The second kappa shape index (κ2) is 10.8. The van der Waals surface area contributed by atoms with Crippen LogP contribution in [0.2, 0.25) is 0 Å². The Morgan fingerprint density at radius 1 is 0.568 bits per heavy atom. The number of nitrogens with one attached hydrogen (secondary N) is 2. The smallest absolute Gasteiger partial charge is 0.255 e. The second-order valence-corrected chi connectivity index (χ2v) is 10.3. The molecule has 0 aliphatic carbocycles. The molecular formula is C30H30N4O2S. The molecule has 4 rings (SSSR count). The van der Waals surface area contributed by atoms with Crippen molar-refractivity contribution >= 4 is 46.3 Å². The van der Waals surface area contributed by atoms with Crippen LogP contribution in [-0.2, 0) is 0 Å². The quantitative estimate of drug-likeness (QED) is 0.215. The van der Waals surface area contributed by atoms with Crippen LogP contribution in [0.4, 0.5) is 22.7 Å². The molecule has 4 aromatic carbocycles. The average Bonchev–Trinajstić information content (AvgIpc) is 2.87. The summed E-state index contributed by atoms with van der Waals surface area (Å²) in [6, 6.07) is 22.5. The van der Waals surface area contributed by atoms with Gasteiger partial charge in [0.1, 0.15) is 0 Å². The number of nitrogens with two attached hydrogens (primary N) is 2. The maximum atomic E-state index is 12.7. The van der Waals surface area contributed by atoms with Crippen molar-refractivity contribution in [2.45, 2.75) is 37.5 Å². The van der Waals surface area contributed by atoms with Gasteiger partial charge in [-0.25, -0.2) is 0 Å². The van der Waals surface area contributed by atoms with Gasteiger partial charge in [0, 0.05) is 43.7 Å². The number of benzene rings is 4. The van der Waals surface area contributed by atoms with Crippen molar-refractivity contribution in [1.82, 2.24) is 0 Å². The zero-order chi connectivity index (χ0) is 26.7. The van der Waals surface area contributed by atoms with Crippen LogP contribution < -0.4 is 22.1 Å². The predicted octanol–water partition coefficient (Wildman–Crippen LogP) is 6.74. The first kappa shape index (κ1) is 25.9. The minimum atomic E-state index is -0.173. The fourth-order valence-electron chi connectivity index (χ4n) is 3.97. The third-order valence-corrected chi connectivity index (χ3v) is 7.19. The summed E-state index contributed by atoms with van der Waals surface area (Å²) < 4.78 is 0. The highest BCUT2D eigenvalue weighted by Crippen LogP contribution is 2.30. The zero-order valence-electron chi connectivity index (χ0n) is 21.3. The van der Waals surface area contributed by atoms with E-state index >= 15 is 0 Å². The van der Waals surface area contributed by atoms with Gasteiger partial charge in [0.2, 0.25) is 0 Å².